The third-order valence-corrected chi connectivity index (χ3v) is 3.86. The van der Waals surface area contributed by atoms with Crippen molar-refractivity contribution in [2.45, 2.75) is 12.5 Å². The predicted molar refractivity (Wildman–Crippen MR) is 88.8 cm³/mol. The van der Waals surface area contributed by atoms with Gasteiger partial charge in [-0.05, 0) is 40.0 Å². The van der Waals surface area contributed by atoms with Crippen LogP contribution < -0.4 is 11.1 Å². The molecule has 0 spiro atoms. The highest BCUT2D eigenvalue weighted by atomic mass is 79.9. The van der Waals surface area contributed by atoms with Crippen molar-refractivity contribution in [2.75, 3.05) is 5.32 Å². The number of benzene rings is 2. The monoisotopic (exact) mass is 358 g/mol. The van der Waals surface area contributed by atoms with E-state index >= 15 is 0 Å². The summed E-state index contributed by atoms with van der Waals surface area (Å²) >= 11 is 3.46. The first-order valence-corrected chi connectivity index (χ1v) is 7.66. The minimum Gasteiger partial charge on any atom is -0.406 e. The van der Waals surface area contributed by atoms with Crippen LogP contribution in [0, 0.1) is 0 Å². The molecule has 6 heteroatoms. The molecule has 0 saturated carbocycles. The zero-order valence-electron chi connectivity index (χ0n) is 11.7. The molecule has 0 aliphatic heterocycles. The molecule has 1 aromatic heterocycles. The van der Waals surface area contributed by atoms with Gasteiger partial charge in [-0.1, -0.05) is 47.6 Å². The second-order valence-corrected chi connectivity index (χ2v) is 5.70. The fourth-order valence-corrected chi connectivity index (χ4v) is 2.45. The molecule has 0 saturated heterocycles. The van der Waals surface area contributed by atoms with Crippen LogP contribution in [0.1, 0.15) is 17.5 Å². The van der Waals surface area contributed by atoms with Gasteiger partial charge in [-0.2, -0.15) is 0 Å². The molecule has 0 unspecified atom stereocenters. The number of rotatable bonds is 5. The maximum Gasteiger partial charge on any atom is 0.320 e. The number of para-hydroxylation sites is 1. The van der Waals surface area contributed by atoms with Gasteiger partial charge in [0.15, 0.2) is 0 Å². The smallest absolute Gasteiger partial charge is 0.320 e. The fourth-order valence-electron chi connectivity index (χ4n) is 2.07. The van der Waals surface area contributed by atoms with Gasteiger partial charge in [0.2, 0.25) is 5.89 Å². The molecule has 0 aliphatic rings. The first-order valence-electron chi connectivity index (χ1n) is 6.87. The van der Waals surface area contributed by atoms with Crippen molar-refractivity contribution in [3.8, 4) is 0 Å². The quantitative estimate of drug-likeness (QED) is 0.724. The third kappa shape index (κ3) is 3.52. The number of hydrogen-bond acceptors (Lipinski definition) is 5. The average molecular weight is 359 g/mol. The van der Waals surface area contributed by atoms with E-state index in [1.54, 1.807) is 0 Å². The Hall–Kier alpha value is -2.18. The molecule has 0 radical (unpaired) electrons. The van der Waals surface area contributed by atoms with Gasteiger partial charge in [-0.3, -0.25) is 0 Å². The Morgan fingerprint density at radius 1 is 1.05 bits per heavy atom. The maximum absolute atomic E-state index is 6.13. The zero-order chi connectivity index (χ0) is 15.4. The van der Waals surface area contributed by atoms with Crippen LogP contribution in [0.25, 0.3) is 0 Å². The molecular formula is C16H15BrN4O. The Bertz CT molecular complexity index is 745. The molecule has 3 aromatic rings. The van der Waals surface area contributed by atoms with Crippen molar-refractivity contribution in [1.82, 2.24) is 10.2 Å². The van der Waals surface area contributed by atoms with E-state index in [1.807, 2.05) is 54.6 Å². The summed E-state index contributed by atoms with van der Waals surface area (Å²) < 4.78 is 6.52. The Morgan fingerprint density at radius 2 is 1.77 bits per heavy atom. The van der Waals surface area contributed by atoms with Crippen LogP contribution in [0.3, 0.4) is 0 Å². The molecule has 3 rings (SSSR count). The summed E-state index contributed by atoms with van der Waals surface area (Å²) in [4.78, 5) is 0. The highest BCUT2D eigenvalue weighted by Crippen LogP contribution is 2.25. The lowest BCUT2D eigenvalue weighted by atomic mass is 10.1. The first-order chi connectivity index (χ1) is 10.7. The first kappa shape index (κ1) is 14.7. The Labute approximate surface area is 136 Å². The lowest BCUT2D eigenvalue weighted by molar-refractivity contribution is 0.459. The highest BCUT2D eigenvalue weighted by molar-refractivity contribution is 9.10. The van der Waals surface area contributed by atoms with Crippen molar-refractivity contribution in [3.63, 3.8) is 0 Å². The minimum absolute atomic E-state index is 0.324. The number of halogens is 1. The van der Waals surface area contributed by atoms with Crippen LogP contribution in [0.15, 0.2) is 63.5 Å². The SMILES string of the molecule is N[C@@H](Cc1ccccc1)c1nnc(Nc2ccccc2Br)o1. The van der Waals surface area contributed by atoms with Crippen LogP contribution in [-0.2, 0) is 6.42 Å². The second kappa shape index (κ2) is 6.72. The molecule has 1 heterocycles. The molecule has 5 nitrogen and oxygen atoms in total. The van der Waals surface area contributed by atoms with Crippen LogP contribution in [-0.4, -0.2) is 10.2 Å². The summed E-state index contributed by atoms with van der Waals surface area (Å²) in [6, 6.07) is 17.7. The minimum atomic E-state index is -0.329. The van der Waals surface area contributed by atoms with Crippen molar-refractivity contribution in [1.29, 1.82) is 0 Å². The molecule has 3 N–H and O–H groups in total. The zero-order valence-corrected chi connectivity index (χ0v) is 13.3. The molecular weight excluding hydrogens is 344 g/mol. The number of anilines is 2. The molecule has 2 aromatic carbocycles. The van der Waals surface area contributed by atoms with E-state index in [4.69, 9.17) is 10.2 Å². The number of nitrogens with two attached hydrogens (primary N) is 1. The number of nitrogens with zero attached hydrogens (tertiary/aromatic N) is 2. The summed E-state index contributed by atoms with van der Waals surface area (Å²) in [5, 5.41) is 11.1. The Balaban J connectivity index is 1.69. The van der Waals surface area contributed by atoms with Gasteiger partial charge >= 0.3 is 6.01 Å². The molecule has 22 heavy (non-hydrogen) atoms. The van der Waals surface area contributed by atoms with Gasteiger partial charge in [0, 0.05) is 4.47 Å². The van der Waals surface area contributed by atoms with Crippen molar-refractivity contribution < 1.29 is 4.42 Å². The topological polar surface area (TPSA) is 77.0 Å². The maximum atomic E-state index is 6.13. The average Bonchev–Trinajstić information content (AvgIpc) is 2.99. The van der Waals surface area contributed by atoms with Gasteiger partial charge in [0.1, 0.15) is 0 Å². The van der Waals surface area contributed by atoms with E-state index in [1.165, 1.54) is 0 Å². The predicted octanol–water partition coefficient (Wildman–Crippen LogP) is 3.82. The van der Waals surface area contributed by atoms with Gasteiger partial charge < -0.3 is 15.5 Å². The Kier molecular flexibility index (Phi) is 4.50. The van der Waals surface area contributed by atoms with E-state index in [0.717, 1.165) is 15.7 Å². The van der Waals surface area contributed by atoms with Gasteiger partial charge in [0.25, 0.3) is 0 Å². The second-order valence-electron chi connectivity index (χ2n) is 4.85. The van der Waals surface area contributed by atoms with E-state index in [-0.39, 0.29) is 6.04 Å². The van der Waals surface area contributed by atoms with E-state index in [2.05, 4.69) is 31.4 Å². The lowest BCUT2D eigenvalue weighted by Crippen LogP contribution is -2.13. The highest BCUT2D eigenvalue weighted by Gasteiger charge is 2.15. The summed E-state index contributed by atoms with van der Waals surface area (Å²) in [5.74, 6) is 0.415. The molecule has 1 atom stereocenters. The molecule has 0 fully saturated rings. The van der Waals surface area contributed by atoms with E-state index in [9.17, 15) is 0 Å². The van der Waals surface area contributed by atoms with Crippen LogP contribution in [0.2, 0.25) is 0 Å². The summed E-state index contributed by atoms with van der Waals surface area (Å²) in [5.41, 5.74) is 8.12. The van der Waals surface area contributed by atoms with Crippen LogP contribution in [0.4, 0.5) is 11.7 Å². The largest absolute Gasteiger partial charge is 0.406 e. The van der Waals surface area contributed by atoms with Crippen LogP contribution >= 0.6 is 15.9 Å². The van der Waals surface area contributed by atoms with Crippen molar-refractivity contribution in [3.05, 3.63) is 70.5 Å². The number of nitrogens with one attached hydrogen (secondary N) is 1. The summed E-state index contributed by atoms with van der Waals surface area (Å²) in [6.45, 7) is 0. The van der Waals surface area contributed by atoms with Gasteiger partial charge in [0.05, 0.1) is 11.7 Å². The number of aromatic nitrogens is 2. The summed E-state index contributed by atoms with van der Waals surface area (Å²) in [6.07, 6.45) is 0.650. The Morgan fingerprint density at radius 3 is 2.55 bits per heavy atom. The van der Waals surface area contributed by atoms with Gasteiger partial charge in [-0.15, -0.1) is 5.10 Å². The third-order valence-electron chi connectivity index (χ3n) is 3.17. The lowest BCUT2D eigenvalue weighted by Gasteiger charge is -2.07. The van der Waals surface area contributed by atoms with E-state index < -0.39 is 0 Å². The van der Waals surface area contributed by atoms with Gasteiger partial charge in [-0.25, -0.2) is 0 Å². The fraction of sp³-hybridized carbons (Fsp3) is 0.125. The molecule has 0 bridgehead atoms. The van der Waals surface area contributed by atoms with Crippen molar-refractivity contribution in [2.24, 2.45) is 5.73 Å². The normalized spacial score (nSPS) is 12.1. The van der Waals surface area contributed by atoms with E-state index in [0.29, 0.717) is 18.3 Å². The molecule has 0 amide bonds. The standard InChI is InChI=1S/C16H15BrN4O/c17-12-8-4-5-9-14(12)19-16-21-20-15(22-16)13(18)10-11-6-2-1-3-7-11/h1-9,13H,10,18H2,(H,19,21)/t13-/m0/s1. The number of hydrogen-bond donors (Lipinski definition) is 2. The molecule has 112 valence electrons. The van der Waals surface area contributed by atoms with Crippen molar-refractivity contribution >= 4 is 27.6 Å². The van der Waals surface area contributed by atoms with Crippen LogP contribution in [0.5, 0.6) is 0 Å². The summed E-state index contributed by atoms with van der Waals surface area (Å²) in [7, 11) is 0. The molecule has 0 aliphatic carbocycles.